The van der Waals surface area contributed by atoms with E-state index in [1.807, 2.05) is 0 Å². The molecule has 0 rings (SSSR count). The minimum atomic E-state index is -0.969. The Labute approximate surface area is 53.7 Å². The van der Waals surface area contributed by atoms with Crippen LogP contribution in [0.5, 0.6) is 0 Å². The highest BCUT2D eigenvalue weighted by Crippen LogP contribution is 1.65. The normalized spacial score (nSPS) is 14.2. The number of quaternary nitrogens is 1. The lowest BCUT2D eigenvalue weighted by molar-refractivity contribution is -1.13. The standard InChI is InChI=1S/C4H11N3O2/c1-3-6(4-5-2)7(8)9/h4,7-8H,3H2,1-2H3/b5-4+. The molecule has 0 saturated heterocycles. The molecule has 0 amide bonds. The van der Waals surface area contributed by atoms with Gasteiger partial charge in [0.1, 0.15) is 6.34 Å². The van der Waals surface area contributed by atoms with Crippen molar-refractivity contribution in [2.24, 2.45) is 4.99 Å². The Morgan fingerprint density at radius 3 is 2.56 bits per heavy atom. The molecule has 0 saturated carbocycles. The summed E-state index contributed by atoms with van der Waals surface area (Å²) in [6.45, 7) is 2.18. The third-order valence-electron chi connectivity index (χ3n) is 0.841. The first kappa shape index (κ1) is 8.35. The van der Waals surface area contributed by atoms with Crippen LogP contribution in [0.25, 0.3) is 0 Å². The summed E-state index contributed by atoms with van der Waals surface area (Å²) in [4.78, 5) is 3.55. The van der Waals surface area contributed by atoms with Gasteiger partial charge in [-0.1, -0.05) is 0 Å². The third kappa shape index (κ3) is 3.02. The van der Waals surface area contributed by atoms with Crippen LogP contribution in [0.4, 0.5) is 0 Å². The van der Waals surface area contributed by atoms with E-state index in [9.17, 15) is 5.21 Å². The summed E-state index contributed by atoms with van der Waals surface area (Å²) >= 11 is 0. The van der Waals surface area contributed by atoms with E-state index in [-0.39, 0.29) is 0 Å². The third-order valence-corrected chi connectivity index (χ3v) is 0.841. The summed E-state index contributed by atoms with van der Waals surface area (Å²) in [6.07, 6.45) is 1.28. The van der Waals surface area contributed by atoms with E-state index in [1.54, 1.807) is 6.92 Å². The van der Waals surface area contributed by atoms with Gasteiger partial charge in [-0.3, -0.25) is 4.99 Å². The largest absolute Gasteiger partial charge is 0.574 e. The number of hydrogen-bond acceptors (Lipinski definition) is 3. The lowest BCUT2D eigenvalue weighted by atomic mass is 10.7. The number of nitrogens with one attached hydrogen (secondary N) is 1. The van der Waals surface area contributed by atoms with E-state index in [0.717, 1.165) is 5.01 Å². The Kier molecular flexibility index (Phi) is 3.94. The first-order chi connectivity index (χ1) is 4.22. The van der Waals surface area contributed by atoms with E-state index in [2.05, 4.69) is 4.99 Å². The molecule has 5 nitrogen and oxygen atoms in total. The van der Waals surface area contributed by atoms with Crippen LogP contribution in [0.1, 0.15) is 6.92 Å². The molecular weight excluding hydrogens is 122 g/mol. The average molecular weight is 133 g/mol. The zero-order chi connectivity index (χ0) is 7.28. The molecule has 2 N–H and O–H groups in total. The first-order valence-electron chi connectivity index (χ1n) is 2.64. The van der Waals surface area contributed by atoms with Crippen molar-refractivity contribution in [1.82, 2.24) is 5.01 Å². The Bertz CT molecular complexity index is 93.8. The predicted octanol–water partition coefficient (Wildman–Crippen LogP) is -1.35. The van der Waals surface area contributed by atoms with Gasteiger partial charge in [0.15, 0.2) is 0 Å². The van der Waals surface area contributed by atoms with Crippen LogP contribution in [-0.4, -0.2) is 30.1 Å². The van der Waals surface area contributed by atoms with Crippen molar-refractivity contribution in [3.8, 4) is 0 Å². The molecule has 0 heterocycles. The van der Waals surface area contributed by atoms with Crippen molar-refractivity contribution in [2.75, 3.05) is 13.6 Å². The topological polar surface area (TPSA) is 63.3 Å². The smallest absolute Gasteiger partial charge is 0.138 e. The molecule has 0 aromatic rings. The van der Waals surface area contributed by atoms with Gasteiger partial charge in [0.05, 0.1) is 6.54 Å². The first-order valence-corrected chi connectivity index (χ1v) is 2.64. The van der Waals surface area contributed by atoms with E-state index < -0.39 is 5.34 Å². The lowest BCUT2D eigenvalue weighted by Gasteiger charge is -2.22. The van der Waals surface area contributed by atoms with Crippen molar-refractivity contribution < 1.29 is 10.5 Å². The van der Waals surface area contributed by atoms with Crippen LogP contribution in [0.15, 0.2) is 4.99 Å². The molecule has 0 radical (unpaired) electrons. The van der Waals surface area contributed by atoms with Crippen LogP contribution in [-0.2, 0) is 0 Å². The maximum Gasteiger partial charge on any atom is 0.138 e. The fraction of sp³-hybridized carbons (Fsp3) is 0.750. The Balaban J connectivity index is 3.68. The van der Waals surface area contributed by atoms with Gasteiger partial charge in [0.25, 0.3) is 0 Å². The molecule has 0 bridgehead atoms. The van der Waals surface area contributed by atoms with Crippen LogP contribution in [0.3, 0.4) is 0 Å². The lowest BCUT2D eigenvalue weighted by Crippen LogP contribution is -3.11. The SMILES string of the molecule is CCN(/C=N/C)[NH+]([O-])O. The molecule has 0 aromatic carbocycles. The van der Waals surface area contributed by atoms with Gasteiger partial charge >= 0.3 is 0 Å². The number of nitrogens with zero attached hydrogens (tertiary/aromatic N) is 2. The molecule has 1 unspecified atom stereocenters. The second-order valence-corrected chi connectivity index (χ2v) is 1.44. The molecule has 9 heavy (non-hydrogen) atoms. The summed E-state index contributed by atoms with van der Waals surface area (Å²) in [7, 11) is 1.53. The highest BCUT2D eigenvalue weighted by Gasteiger charge is 1.98. The second-order valence-electron chi connectivity index (χ2n) is 1.44. The van der Waals surface area contributed by atoms with E-state index in [4.69, 9.17) is 5.21 Å². The molecule has 0 aliphatic rings. The molecule has 0 fully saturated rings. The Morgan fingerprint density at radius 2 is 2.44 bits per heavy atom. The van der Waals surface area contributed by atoms with Crippen LogP contribution >= 0.6 is 0 Å². The minimum absolute atomic E-state index is 0.437. The average Bonchev–Trinajstić information content (AvgIpc) is 1.82. The van der Waals surface area contributed by atoms with Crippen molar-refractivity contribution in [1.29, 1.82) is 0 Å². The van der Waals surface area contributed by atoms with Crippen molar-refractivity contribution in [2.45, 2.75) is 6.92 Å². The molecule has 0 aromatic heterocycles. The highest BCUT2D eigenvalue weighted by atomic mass is 16.8. The Morgan fingerprint density at radius 1 is 1.89 bits per heavy atom. The summed E-state index contributed by atoms with van der Waals surface area (Å²) in [6, 6.07) is 0. The Hall–Kier alpha value is -0.650. The maximum absolute atomic E-state index is 10.2. The summed E-state index contributed by atoms with van der Waals surface area (Å²) in [5, 5.41) is 18.6. The van der Waals surface area contributed by atoms with Crippen LogP contribution in [0, 0.1) is 5.21 Å². The monoisotopic (exact) mass is 133 g/mol. The summed E-state index contributed by atoms with van der Waals surface area (Å²) in [5.74, 6) is 0. The van der Waals surface area contributed by atoms with Gasteiger partial charge in [-0.05, 0) is 6.92 Å². The van der Waals surface area contributed by atoms with Gasteiger partial charge in [-0.2, -0.15) is 10.2 Å². The van der Waals surface area contributed by atoms with Gasteiger partial charge in [-0.15, -0.1) is 5.34 Å². The molecule has 54 valence electrons. The predicted molar refractivity (Wildman–Crippen MR) is 32.9 cm³/mol. The molecule has 0 aliphatic carbocycles. The molecule has 5 heteroatoms. The second kappa shape index (κ2) is 4.25. The van der Waals surface area contributed by atoms with Gasteiger partial charge in [0, 0.05) is 7.05 Å². The van der Waals surface area contributed by atoms with Gasteiger partial charge in [0.2, 0.25) is 0 Å². The van der Waals surface area contributed by atoms with Crippen LogP contribution in [0.2, 0.25) is 0 Å². The summed E-state index contributed by atoms with van der Waals surface area (Å²) < 4.78 is 0. The molecule has 0 spiro atoms. The summed E-state index contributed by atoms with van der Waals surface area (Å²) in [5.41, 5.74) is 0. The number of aliphatic imine (C=N–C) groups is 1. The van der Waals surface area contributed by atoms with Gasteiger partial charge < -0.3 is 5.21 Å². The zero-order valence-corrected chi connectivity index (χ0v) is 5.53. The van der Waals surface area contributed by atoms with Gasteiger partial charge in [-0.25, -0.2) is 0 Å². The zero-order valence-electron chi connectivity index (χ0n) is 5.53. The van der Waals surface area contributed by atoms with E-state index in [1.165, 1.54) is 13.4 Å². The fourth-order valence-corrected chi connectivity index (χ4v) is 0.406. The number of hydrogen-bond donors (Lipinski definition) is 2. The van der Waals surface area contributed by atoms with E-state index >= 15 is 0 Å². The quantitative estimate of drug-likeness (QED) is 0.284. The van der Waals surface area contributed by atoms with Crippen molar-refractivity contribution in [3.63, 3.8) is 0 Å². The van der Waals surface area contributed by atoms with Crippen LogP contribution < -0.4 is 5.34 Å². The number of rotatable bonds is 3. The van der Waals surface area contributed by atoms with Crippen molar-refractivity contribution in [3.05, 3.63) is 5.21 Å². The molecule has 0 aliphatic heterocycles. The highest BCUT2D eigenvalue weighted by molar-refractivity contribution is 5.52. The van der Waals surface area contributed by atoms with Crippen molar-refractivity contribution >= 4 is 6.34 Å². The minimum Gasteiger partial charge on any atom is -0.574 e. The fourth-order valence-electron chi connectivity index (χ4n) is 0.406. The molecule has 1 atom stereocenters. The maximum atomic E-state index is 10.2. The molecular formula is C4H11N3O2. The van der Waals surface area contributed by atoms with E-state index in [0.29, 0.717) is 6.54 Å².